The largest absolute Gasteiger partial charge is 0.452 e. The van der Waals surface area contributed by atoms with Crippen LogP contribution in [-0.2, 0) is 14.3 Å². The lowest BCUT2D eigenvalue weighted by Gasteiger charge is -2.31. The summed E-state index contributed by atoms with van der Waals surface area (Å²) in [7, 11) is 0. The standard InChI is InChI=1S/C20H28N2O4S/c1-14(18(23)21-16-6-3-2-4-7-16)26-20(25)15-9-11-22(12-10-15)19(24)17-8-5-13-27-17/h5,8,13-16H,2-4,6-7,9-12H2,1H3,(H,21,23)/t14-/m0/s1. The van der Waals surface area contributed by atoms with E-state index in [-0.39, 0.29) is 29.7 Å². The molecule has 1 saturated carbocycles. The van der Waals surface area contributed by atoms with Crippen LogP contribution in [0.1, 0.15) is 61.5 Å². The van der Waals surface area contributed by atoms with Crippen molar-refractivity contribution in [3.63, 3.8) is 0 Å². The normalized spacial score (nSPS) is 20.1. The van der Waals surface area contributed by atoms with Gasteiger partial charge in [0.2, 0.25) is 0 Å². The number of nitrogens with one attached hydrogen (secondary N) is 1. The van der Waals surface area contributed by atoms with Gasteiger partial charge in [-0.2, -0.15) is 0 Å². The maximum absolute atomic E-state index is 12.4. The van der Waals surface area contributed by atoms with E-state index in [1.54, 1.807) is 11.8 Å². The fourth-order valence-electron chi connectivity index (χ4n) is 3.76. The van der Waals surface area contributed by atoms with Crippen molar-refractivity contribution in [2.75, 3.05) is 13.1 Å². The highest BCUT2D eigenvalue weighted by molar-refractivity contribution is 7.12. The van der Waals surface area contributed by atoms with Crippen molar-refractivity contribution in [2.24, 2.45) is 5.92 Å². The van der Waals surface area contributed by atoms with Crippen molar-refractivity contribution in [1.82, 2.24) is 10.2 Å². The van der Waals surface area contributed by atoms with Crippen LogP contribution in [0.4, 0.5) is 0 Å². The molecule has 1 atom stereocenters. The van der Waals surface area contributed by atoms with Crippen LogP contribution in [-0.4, -0.2) is 47.9 Å². The zero-order chi connectivity index (χ0) is 19.2. The maximum Gasteiger partial charge on any atom is 0.309 e. The van der Waals surface area contributed by atoms with E-state index in [4.69, 9.17) is 4.74 Å². The van der Waals surface area contributed by atoms with Gasteiger partial charge in [-0.3, -0.25) is 14.4 Å². The first-order chi connectivity index (χ1) is 13.0. The Morgan fingerprint density at radius 2 is 1.85 bits per heavy atom. The van der Waals surface area contributed by atoms with E-state index in [0.29, 0.717) is 25.9 Å². The van der Waals surface area contributed by atoms with Crippen molar-refractivity contribution >= 4 is 29.1 Å². The van der Waals surface area contributed by atoms with Crippen LogP contribution >= 0.6 is 11.3 Å². The summed E-state index contributed by atoms with van der Waals surface area (Å²) < 4.78 is 5.41. The predicted octanol–water partition coefficient (Wildman–Crippen LogP) is 2.98. The predicted molar refractivity (Wildman–Crippen MR) is 104 cm³/mol. The topological polar surface area (TPSA) is 75.7 Å². The van der Waals surface area contributed by atoms with Gasteiger partial charge < -0.3 is 15.0 Å². The SMILES string of the molecule is C[C@H](OC(=O)C1CCN(C(=O)c2cccs2)CC1)C(=O)NC1CCCCC1. The van der Waals surface area contributed by atoms with Crippen molar-refractivity contribution in [1.29, 1.82) is 0 Å². The zero-order valence-electron chi connectivity index (χ0n) is 15.8. The van der Waals surface area contributed by atoms with Gasteiger partial charge in [0.15, 0.2) is 6.10 Å². The molecule has 0 aromatic carbocycles. The molecule has 3 rings (SSSR count). The third kappa shape index (κ3) is 5.31. The Labute approximate surface area is 164 Å². The molecule has 1 aliphatic carbocycles. The van der Waals surface area contributed by atoms with E-state index in [0.717, 1.165) is 30.6 Å². The van der Waals surface area contributed by atoms with E-state index in [1.165, 1.54) is 17.8 Å². The third-order valence-corrected chi connectivity index (χ3v) is 6.32. The third-order valence-electron chi connectivity index (χ3n) is 5.46. The number of hydrogen-bond donors (Lipinski definition) is 1. The Hall–Kier alpha value is -1.89. The van der Waals surface area contributed by atoms with Crippen LogP contribution in [0.3, 0.4) is 0 Å². The van der Waals surface area contributed by atoms with E-state index < -0.39 is 6.10 Å². The molecule has 0 bridgehead atoms. The molecular formula is C20H28N2O4S. The molecule has 2 aliphatic rings. The Balaban J connectivity index is 1.42. The van der Waals surface area contributed by atoms with Crippen molar-refractivity contribution < 1.29 is 19.1 Å². The first-order valence-electron chi connectivity index (χ1n) is 9.88. The molecule has 27 heavy (non-hydrogen) atoms. The number of carbonyl (C=O) groups excluding carboxylic acids is 3. The minimum Gasteiger partial charge on any atom is -0.452 e. The summed E-state index contributed by atoms with van der Waals surface area (Å²) in [6, 6.07) is 3.89. The number of ether oxygens (including phenoxy) is 1. The molecule has 1 aliphatic heterocycles. The van der Waals surface area contributed by atoms with E-state index in [1.807, 2.05) is 17.5 Å². The molecule has 1 aromatic rings. The van der Waals surface area contributed by atoms with Gasteiger partial charge in [0.1, 0.15) is 0 Å². The molecule has 6 nitrogen and oxygen atoms in total. The van der Waals surface area contributed by atoms with Gasteiger partial charge >= 0.3 is 5.97 Å². The summed E-state index contributed by atoms with van der Waals surface area (Å²) in [4.78, 5) is 39.5. The first kappa shape index (κ1) is 19.9. The maximum atomic E-state index is 12.4. The minimum atomic E-state index is -0.773. The number of nitrogens with zero attached hydrogens (tertiary/aromatic N) is 1. The second-order valence-corrected chi connectivity index (χ2v) is 8.41. The molecule has 1 aromatic heterocycles. The number of thiophene rings is 1. The Bertz CT molecular complexity index is 647. The number of rotatable bonds is 5. The van der Waals surface area contributed by atoms with E-state index >= 15 is 0 Å². The smallest absolute Gasteiger partial charge is 0.309 e. The molecule has 2 fully saturated rings. The van der Waals surface area contributed by atoms with Crippen molar-refractivity contribution in [3.05, 3.63) is 22.4 Å². The van der Waals surface area contributed by atoms with Crippen molar-refractivity contribution in [2.45, 2.75) is 64.0 Å². The van der Waals surface area contributed by atoms with Crippen LogP contribution in [0, 0.1) is 5.92 Å². The monoisotopic (exact) mass is 392 g/mol. The molecule has 1 N–H and O–H groups in total. The van der Waals surface area contributed by atoms with Gasteiger partial charge in [0.05, 0.1) is 10.8 Å². The molecule has 0 radical (unpaired) electrons. The highest BCUT2D eigenvalue weighted by Gasteiger charge is 2.31. The van der Waals surface area contributed by atoms with Crippen molar-refractivity contribution in [3.8, 4) is 0 Å². The number of esters is 1. The average molecular weight is 393 g/mol. The number of hydrogen-bond acceptors (Lipinski definition) is 5. The number of likely N-dealkylation sites (tertiary alicyclic amines) is 1. The summed E-state index contributed by atoms with van der Waals surface area (Å²) in [5.41, 5.74) is 0. The lowest BCUT2D eigenvalue weighted by molar-refractivity contribution is -0.160. The molecule has 2 heterocycles. The minimum absolute atomic E-state index is 0.0250. The molecule has 7 heteroatoms. The second-order valence-electron chi connectivity index (χ2n) is 7.47. The summed E-state index contributed by atoms with van der Waals surface area (Å²) in [5, 5.41) is 4.88. The lowest BCUT2D eigenvalue weighted by atomic mass is 9.95. The molecule has 1 saturated heterocycles. The summed E-state index contributed by atoms with van der Waals surface area (Å²) in [5.74, 6) is -0.760. The van der Waals surface area contributed by atoms with E-state index in [9.17, 15) is 14.4 Å². The molecule has 148 valence electrons. The highest BCUT2D eigenvalue weighted by Crippen LogP contribution is 2.22. The van der Waals surface area contributed by atoms with Gasteiger partial charge in [-0.05, 0) is 44.1 Å². The van der Waals surface area contributed by atoms with Gasteiger partial charge in [-0.25, -0.2) is 0 Å². The van der Waals surface area contributed by atoms with Gasteiger partial charge in [-0.1, -0.05) is 25.3 Å². The first-order valence-corrected chi connectivity index (χ1v) is 10.8. The zero-order valence-corrected chi connectivity index (χ0v) is 16.6. The van der Waals surface area contributed by atoms with Crippen LogP contribution in [0.15, 0.2) is 17.5 Å². The molecule has 2 amide bonds. The van der Waals surface area contributed by atoms with Gasteiger partial charge in [0, 0.05) is 19.1 Å². The van der Waals surface area contributed by atoms with E-state index in [2.05, 4.69) is 5.32 Å². The summed E-state index contributed by atoms with van der Waals surface area (Å²) in [6.07, 6.45) is 5.89. The van der Waals surface area contributed by atoms with Crippen LogP contribution in [0.2, 0.25) is 0 Å². The molecule has 0 spiro atoms. The average Bonchev–Trinajstić information content (AvgIpc) is 3.23. The van der Waals surface area contributed by atoms with Crippen LogP contribution in [0.25, 0.3) is 0 Å². The number of carbonyl (C=O) groups is 3. The number of piperidine rings is 1. The Kier molecular flexibility index (Phi) is 6.88. The van der Waals surface area contributed by atoms with Gasteiger partial charge in [-0.15, -0.1) is 11.3 Å². The lowest BCUT2D eigenvalue weighted by Crippen LogP contribution is -2.44. The fraction of sp³-hybridized carbons (Fsp3) is 0.650. The number of amides is 2. The Morgan fingerprint density at radius 1 is 1.15 bits per heavy atom. The van der Waals surface area contributed by atoms with Crippen LogP contribution in [0.5, 0.6) is 0 Å². The second kappa shape index (κ2) is 9.35. The summed E-state index contributed by atoms with van der Waals surface area (Å²) >= 11 is 1.43. The van der Waals surface area contributed by atoms with Gasteiger partial charge in [0.25, 0.3) is 11.8 Å². The quantitative estimate of drug-likeness (QED) is 0.782. The highest BCUT2D eigenvalue weighted by atomic mass is 32.1. The molecule has 0 unspecified atom stereocenters. The fourth-order valence-corrected chi connectivity index (χ4v) is 4.45. The Morgan fingerprint density at radius 3 is 2.48 bits per heavy atom. The molecular weight excluding hydrogens is 364 g/mol. The van der Waals surface area contributed by atoms with Crippen LogP contribution < -0.4 is 5.32 Å². The summed E-state index contributed by atoms with van der Waals surface area (Å²) in [6.45, 7) is 2.71.